The molecule has 0 aromatic heterocycles. The third-order valence-corrected chi connectivity index (χ3v) is 3.89. The first-order valence-electron chi connectivity index (χ1n) is 8.17. The number of ether oxygens (including phenoxy) is 1. The molecule has 0 fully saturated rings. The maximum absolute atomic E-state index is 12.2. The van der Waals surface area contributed by atoms with Gasteiger partial charge in [0.25, 0.3) is 5.91 Å². The van der Waals surface area contributed by atoms with Crippen LogP contribution in [0.1, 0.15) is 49.2 Å². The van der Waals surface area contributed by atoms with E-state index in [1.165, 1.54) is 11.8 Å². The van der Waals surface area contributed by atoms with E-state index >= 15 is 0 Å². The van der Waals surface area contributed by atoms with E-state index < -0.39 is 0 Å². The first kappa shape index (κ1) is 19.0. The van der Waals surface area contributed by atoms with Crippen LogP contribution < -0.4 is 10.2 Å². The summed E-state index contributed by atoms with van der Waals surface area (Å²) in [5.41, 5.74) is 5.01. The van der Waals surface area contributed by atoms with Gasteiger partial charge >= 0.3 is 0 Å². The van der Waals surface area contributed by atoms with Crippen LogP contribution in [0.3, 0.4) is 0 Å². The van der Waals surface area contributed by atoms with Crippen molar-refractivity contribution < 1.29 is 9.53 Å². The molecule has 0 aliphatic rings. The van der Waals surface area contributed by atoms with Gasteiger partial charge in [0, 0.05) is 16.1 Å². The standard InChI is InChI=1S/C20H23ClN2O2/c1-5-25-18-11-10-17(21)12-15(18)13-22-23-19(24)14-6-8-16(9-7-14)20(2,3)4/h6-13H,5H2,1-4H3,(H,23,24)/b22-13-. The molecule has 0 atom stereocenters. The molecule has 2 aromatic rings. The summed E-state index contributed by atoms with van der Waals surface area (Å²) in [6.07, 6.45) is 1.53. The summed E-state index contributed by atoms with van der Waals surface area (Å²) in [6.45, 7) is 8.83. The van der Waals surface area contributed by atoms with Gasteiger partial charge in [-0.25, -0.2) is 5.43 Å². The Kier molecular flexibility index (Phi) is 6.21. The molecule has 5 heteroatoms. The molecule has 2 rings (SSSR count). The zero-order valence-corrected chi connectivity index (χ0v) is 15.7. The molecule has 4 nitrogen and oxygen atoms in total. The fraction of sp³-hybridized carbons (Fsp3) is 0.300. The number of carbonyl (C=O) groups is 1. The van der Waals surface area contributed by atoms with Crippen molar-refractivity contribution in [2.24, 2.45) is 5.10 Å². The van der Waals surface area contributed by atoms with Gasteiger partial charge in [-0.15, -0.1) is 0 Å². The Hall–Kier alpha value is -2.33. The van der Waals surface area contributed by atoms with Gasteiger partial charge in [-0.2, -0.15) is 5.10 Å². The van der Waals surface area contributed by atoms with Crippen LogP contribution in [0, 0.1) is 0 Å². The van der Waals surface area contributed by atoms with Crippen molar-refractivity contribution in [2.45, 2.75) is 33.1 Å². The monoisotopic (exact) mass is 358 g/mol. The van der Waals surface area contributed by atoms with Crippen LogP contribution in [0.15, 0.2) is 47.6 Å². The summed E-state index contributed by atoms with van der Waals surface area (Å²) < 4.78 is 5.52. The molecule has 0 aliphatic heterocycles. The lowest BCUT2D eigenvalue weighted by atomic mass is 9.87. The number of benzene rings is 2. The summed E-state index contributed by atoms with van der Waals surface area (Å²) in [4.78, 5) is 12.2. The molecule has 1 amide bonds. The highest BCUT2D eigenvalue weighted by Gasteiger charge is 2.14. The Bertz CT molecular complexity index is 762. The summed E-state index contributed by atoms with van der Waals surface area (Å²) >= 11 is 6.00. The molecule has 0 heterocycles. The van der Waals surface area contributed by atoms with Crippen molar-refractivity contribution in [1.29, 1.82) is 0 Å². The smallest absolute Gasteiger partial charge is 0.271 e. The number of nitrogens with one attached hydrogen (secondary N) is 1. The second kappa shape index (κ2) is 8.17. The van der Waals surface area contributed by atoms with E-state index in [1.54, 1.807) is 30.3 Å². The maximum atomic E-state index is 12.2. The van der Waals surface area contributed by atoms with Crippen molar-refractivity contribution >= 4 is 23.7 Å². The van der Waals surface area contributed by atoms with Gasteiger partial charge in [0.15, 0.2) is 0 Å². The van der Waals surface area contributed by atoms with Crippen LogP contribution in [0.5, 0.6) is 5.75 Å². The predicted molar refractivity (Wildman–Crippen MR) is 103 cm³/mol. The highest BCUT2D eigenvalue weighted by Crippen LogP contribution is 2.22. The largest absolute Gasteiger partial charge is 0.493 e. The normalized spacial score (nSPS) is 11.6. The van der Waals surface area contributed by atoms with Gasteiger partial charge in [-0.1, -0.05) is 44.5 Å². The van der Waals surface area contributed by atoms with E-state index in [4.69, 9.17) is 16.3 Å². The van der Waals surface area contributed by atoms with Gasteiger partial charge in [0.05, 0.1) is 12.8 Å². The minimum Gasteiger partial charge on any atom is -0.493 e. The van der Waals surface area contributed by atoms with E-state index in [0.717, 1.165) is 0 Å². The van der Waals surface area contributed by atoms with E-state index in [-0.39, 0.29) is 11.3 Å². The van der Waals surface area contributed by atoms with E-state index in [1.807, 2.05) is 19.1 Å². The number of halogens is 1. The Labute approximate surface area is 153 Å². The zero-order valence-electron chi connectivity index (χ0n) is 15.0. The quantitative estimate of drug-likeness (QED) is 0.616. The second-order valence-corrected chi connectivity index (χ2v) is 7.08. The molecule has 0 saturated carbocycles. The maximum Gasteiger partial charge on any atom is 0.271 e. The molecule has 1 N–H and O–H groups in total. The molecule has 2 aromatic carbocycles. The Morgan fingerprint density at radius 1 is 1.20 bits per heavy atom. The molecule has 132 valence electrons. The Balaban J connectivity index is 2.07. The number of carbonyl (C=O) groups excluding carboxylic acids is 1. The Morgan fingerprint density at radius 2 is 1.88 bits per heavy atom. The number of hydrogen-bond donors (Lipinski definition) is 1. The molecule has 0 bridgehead atoms. The summed E-state index contributed by atoms with van der Waals surface area (Å²) in [5.74, 6) is 0.399. The lowest BCUT2D eigenvalue weighted by molar-refractivity contribution is 0.0955. The number of rotatable bonds is 5. The van der Waals surface area contributed by atoms with E-state index in [9.17, 15) is 4.79 Å². The number of nitrogens with zero attached hydrogens (tertiary/aromatic N) is 1. The zero-order chi connectivity index (χ0) is 18.4. The molecular formula is C20H23ClN2O2. The lowest BCUT2D eigenvalue weighted by Gasteiger charge is -2.18. The number of hydrogen-bond acceptors (Lipinski definition) is 3. The topological polar surface area (TPSA) is 50.7 Å². The number of hydrazone groups is 1. The molecule has 0 unspecified atom stereocenters. The molecule has 0 radical (unpaired) electrons. The fourth-order valence-electron chi connectivity index (χ4n) is 2.25. The van der Waals surface area contributed by atoms with Crippen molar-refractivity contribution in [3.63, 3.8) is 0 Å². The molecule has 25 heavy (non-hydrogen) atoms. The summed E-state index contributed by atoms with van der Waals surface area (Å²) in [5, 5.41) is 4.59. The summed E-state index contributed by atoms with van der Waals surface area (Å²) in [7, 11) is 0. The highest BCUT2D eigenvalue weighted by molar-refractivity contribution is 6.30. The van der Waals surface area contributed by atoms with Crippen LogP contribution >= 0.6 is 11.6 Å². The third kappa shape index (κ3) is 5.33. The third-order valence-electron chi connectivity index (χ3n) is 3.65. The first-order valence-corrected chi connectivity index (χ1v) is 8.55. The van der Waals surface area contributed by atoms with Gasteiger partial charge in [-0.05, 0) is 48.2 Å². The van der Waals surface area contributed by atoms with Gasteiger partial charge < -0.3 is 4.74 Å². The van der Waals surface area contributed by atoms with Crippen molar-refractivity contribution in [2.75, 3.05) is 6.61 Å². The molecule has 0 spiro atoms. The van der Waals surface area contributed by atoms with Crippen LogP contribution in [-0.2, 0) is 5.41 Å². The van der Waals surface area contributed by atoms with Crippen molar-refractivity contribution in [3.8, 4) is 5.75 Å². The van der Waals surface area contributed by atoms with E-state index in [0.29, 0.717) is 28.5 Å². The van der Waals surface area contributed by atoms with Crippen molar-refractivity contribution in [1.82, 2.24) is 5.43 Å². The SMILES string of the molecule is CCOc1ccc(Cl)cc1/C=N\NC(=O)c1ccc(C(C)(C)C)cc1. The van der Waals surface area contributed by atoms with Crippen LogP contribution in [0.25, 0.3) is 0 Å². The fourth-order valence-corrected chi connectivity index (χ4v) is 2.43. The van der Waals surface area contributed by atoms with Gasteiger partial charge in [0.1, 0.15) is 5.75 Å². The minimum absolute atomic E-state index is 0.0510. The first-order chi connectivity index (χ1) is 11.8. The van der Waals surface area contributed by atoms with Crippen LogP contribution in [-0.4, -0.2) is 18.7 Å². The summed E-state index contributed by atoms with van der Waals surface area (Å²) in [6, 6.07) is 12.8. The molecule has 0 saturated heterocycles. The van der Waals surface area contributed by atoms with Crippen LogP contribution in [0.4, 0.5) is 0 Å². The van der Waals surface area contributed by atoms with E-state index in [2.05, 4.69) is 31.3 Å². The average Bonchev–Trinajstić information content (AvgIpc) is 2.56. The van der Waals surface area contributed by atoms with Gasteiger partial charge in [0.2, 0.25) is 0 Å². The lowest BCUT2D eigenvalue weighted by Crippen LogP contribution is -2.18. The number of amides is 1. The Morgan fingerprint density at radius 3 is 2.48 bits per heavy atom. The van der Waals surface area contributed by atoms with Crippen LogP contribution in [0.2, 0.25) is 5.02 Å². The average molecular weight is 359 g/mol. The predicted octanol–water partition coefficient (Wildman–Crippen LogP) is 4.80. The molecule has 0 aliphatic carbocycles. The highest BCUT2D eigenvalue weighted by atomic mass is 35.5. The minimum atomic E-state index is -0.267. The van der Waals surface area contributed by atoms with Crippen molar-refractivity contribution in [3.05, 3.63) is 64.2 Å². The molecular weight excluding hydrogens is 336 g/mol. The van der Waals surface area contributed by atoms with Gasteiger partial charge in [-0.3, -0.25) is 4.79 Å². The second-order valence-electron chi connectivity index (χ2n) is 6.64.